The van der Waals surface area contributed by atoms with E-state index in [4.69, 9.17) is 24.8 Å². The normalized spacial score (nSPS) is 15.2. The minimum absolute atomic E-state index is 0.0602. The number of carbonyl (C=O) groups is 3. The molecule has 0 aliphatic rings. The molecule has 0 fully saturated rings. The first-order chi connectivity index (χ1) is 28.5. The van der Waals surface area contributed by atoms with E-state index in [1.54, 1.807) is 0 Å². The lowest BCUT2D eigenvalue weighted by Crippen LogP contribution is -2.34. The fraction of sp³-hybridized carbons (Fsp3) is 0.587. The summed E-state index contributed by atoms with van der Waals surface area (Å²) in [5, 5.41) is 18.4. The number of aliphatic hydroxyl groups excluding tert-OH is 1. The maximum atomic E-state index is 12.6. The Bertz CT molecular complexity index is 1380. The Labute approximate surface area is 354 Å². The summed E-state index contributed by atoms with van der Waals surface area (Å²) in [6, 6.07) is -1.55. The molecule has 0 aromatic carbocycles. The lowest BCUT2D eigenvalue weighted by molar-refractivity contribution is -0.161. The molecule has 0 bridgehead atoms. The molecule has 0 aromatic heterocycles. The first-order valence-electron chi connectivity index (χ1n) is 21.3. The topological polar surface area (TPSA) is 192 Å². The van der Waals surface area contributed by atoms with Crippen molar-refractivity contribution in [1.29, 1.82) is 0 Å². The second-order valence-corrected chi connectivity index (χ2v) is 15.3. The molecule has 0 radical (unpaired) electrons. The average molecular weight is 848 g/mol. The SMILES string of the molecule is CC/C=C\C/C=C\C/C=C\C/C=C\CCCCCCC(=O)OC[C@H](COP(=O)(O)OC[C@H](N)C(=O)O)OC(=O)CCC/C=C\C/C=C\C/C=C\C/C=C\CC[C@H](O)CC. The Morgan fingerprint density at radius 3 is 1.58 bits per heavy atom. The van der Waals surface area contributed by atoms with Crippen LogP contribution in [-0.4, -0.2) is 71.1 Å². The summed E-state index contributed by atoms with van der Waals surface area (Å²) >= 11 is 0. The van der Waals surface area contributed by atoms with Crippen LogP contribution in [0.25, 0.3) is 0 Å². The van der Waals surface area contributed by atoms with E-state index in [0.717, 1.165) is 89.9 Å². The fourth-order valence-corrected chi connectivity index (χ4v) is 5.75. The summed E-state index contributed by atoms with van der Waals surface area (Å²) in [7, 11) is -4.75. The molecule has 0 aromatic rings. The third-order valence-electron chi connectivity index (χ3n) is 8.48. The molecular weight excluding hydrogens is 773 g/mol. The Hall–Kier alpha value is -3.64. The van der Waals surface area contributed by atoms with Crippen LogP contribution in [-0.2, 0) is 37.5 Å². The van der Waals surface area contributed by atoms with E-state index in [1.807, 2.05) is 19.1 Å². The van der Waals surface area contributed by atoms with Crippen LogP contribution in [0.1, 0.15) is 136 Å². The number of carboxylic acids is 1. The van der Waals surface area contributed by atoms with E-state index >= 15 is 0 Å². The van der Waals surface area contributed by atoms with Crippen molar-refractivity contribution in [2.45, 2.75) is 154 Å². The van der Waals surface area contributed by atoms with Crippen LogP contribution in [0.3, 0.4) is 0 Å². The number of allylic oxidation sites excluding steroid dienone is 16. The molecule has 1 unspecified atom stereocenters. The van der Waals surface area contributed by atoms with Gasteiger partial charge in [0.05, 0.1) is 19.3 Å². The second-order valence-electron chi connectivity index (χ2n) is 13.9. The summed E-state index contributed by atoms with van der Waals surface area (Å²) in [5.41, 5.74) is 5.32. The Morgan fingerprint density at radius 1 is 0.593 bits per heavy atom. The van der Waals surface area contributed by atoms with Crippen LogP contribution >= 0.6 is 7.82 Å². The van der Waals surface area contributed by atoms with E-state index in [1.165, 1.54) is 0 Å². The lowest BCUT2D eigenvalue weighted by atomic mass is 10.1. The Balaban J connectivity index is 4.55. The highest BCUT2D eigenvalue weighted by Crippen LogP contribution is 2.43. The third kappa shape index (κ3) is 39.6. The molecule has 0 aliphatic heterocycles. The summed E-state index contributed by atoms with van der Waals surface area (Å²) in [6.07, 6.45) is 47.1. The molecule has 59 heavy (non-hydrogen) atoms. The highest BCUT2D eigenvalue weighted by atomic mass is 31.2. The average Bonchev–Trinajstić information content (AvgIpc) is 3.21. The standard InChI is InChI=1S/C46H74NO11P/c1-3-5-6-7-8-9-10-11-12-13-14-18-21-24-27-30-33-36-44(49)55-38-42(39-56-59(53,54)57-40-43(47)46(51)52)58-45(50)37-34-31-28-25-22-19-16-15-17-20-23-26-29-32-35-41(48)4-2/h5-6,8-9,11-12,14,16-20,25-26,28-29,41-43,48H,3-4,7,10,13,15,21-24,27,30-40,47H2,1-2H3,(H,51,52)(H,53,54)/b6-5-,9-8-,12-11-,18-14-,19-16-,20-17-,28-25-,29-26-/t41-,42-,43+/m1/s1. The maximum Gasteiger partial charge on any atom is 0.472 e. The summed E-state index contributed by atoms with van der Waals surface area (Å²) in [4.78, 5) is 45.9. The number of aliphatic hydroxyl groups is 1. The third-order valence-corrected chi connectivity index (χ3v) is 9.43. The molecule has 0 aliphatic carbocycles. The van der Waals surface area contributed by atoms with Gasteiger partial charge in [-0.1, -0.05) is 124 Å². The molecule has 0 saturated heterocycles. The first kappa shape index (κ1) is 55.4. The van der Waals surface area contributed by atoms with Crippen molar-refractivity contribution in [2.75, 3.05) is 19.8 Å². The number of aliphatic carboxylic acids is 1. The minimum Gasteiger partial charge on any atom is -0.480 e. The van der Waals surface area contributed by atoms with Crippen molar-refractivity contribution < 1.29 is 52.6 Å². The number of carbonyl (C=O) groups excluding carboxylic acids is 2. The molecule has 334 valence electrons. The van der Waals surface area contributed by atoms with Gasteiger partial charge in [-0.3, -0.25) is 23.4 Å². The molecule has 12 nitrogen and oxygen atoms in total. The molecule has 4 atom stereocenters. The predicted octanol–water partition coefficient (Wildman–Crippen LogP) is 10.2. The predicted molar refractivity (Wildman–Crippen MR) is 236 cm³/mol. The summed E-state index contributed by atoms with van der Waals surface area (Å²) in [6.45, 7) is 2.30. The van der Waals surface area contributed by atoms with Crippen LogP contribution < -0.4 is 5.73 Å². The number of hydrogen-bond donors (Lipinski definition) is 4. The van der Waals surface area contributed by atoms with Gasteiger partial charge in [0.15, 0.2) is 6.10 Å². The minimum atomic E-state index is -4.75. The van der Waals surface area contributed by atoms with Gasteiger partial charge in [-0.15, -0.1) is 0 Å². The molecule has 13 heteroatoms. The quantitative estimate of drug-likeness (QED) is 0.0199. The highest BCUT2D eigenvalue weighted by Gasteiger charge is 2.28. The zero-order chi connectivity index (χ0) is 43.7. The molecule has 5 N–H and O–H groups in total. The van der Waals surface area contributed by atoms with Crippen molar-refractivity contribution >= 4 is 25.7 Å². The highest BCUT2D eigenvalue weighted by molar-refractivity contribution is 7.47. The number of carboxylic acid groups (broad SMARTS) is 1. The van der Waals surface area contributed by atoms with E-state index in [2.05, 4.69) is 96.5 Å². The van der Waals surface area contributed by atoms with E-state index in [9.17, 15) is 28.9 Å². The van der Waals surface area contributed by atoms with E-state index < -0.39 is 57.7 Å². The summed E-state index contributed by atoms with van der Waals surface area (Å²) in [5.74, 6) is -2.52. The number of esters is 2. The number of ether oxygens (including phenoxy) is 2. The van der Waals surface area contributed by atoms with Crippen molar-refractivity contribution in [3.63, 3.8) is 0 Å². The van der Waals surface area contributed by atoms with Gasteiger partial charge in [0, 0.05) is 12.8 Å². The van der Waals surface area contributed by atoms with Crippen molar-refractivity contribution in [2.24, 2.45) is 5.73 Å². The van der Waals surface area contributed by atoms with E-state index in [0.29, 0.717) is 19.3 Å². The van der Waals surface area contributed by atoms with Gasteiger partial charge < -0.3 is 30.3 Å². The monoisotopic (exact) mass is 847 g/mol. The number of hydrogen-bond acceptors (Lipinski definition) is 10. The van der Waals surface area contributed by atoms with Crippen molar-refractivity contribution in [3.05, 3.63) is 97.2 Å². The number of phosphoric acid groups is 1. The lowest BCUT2D eigenvalue weighted by Gasteiger charge is -2.20. The number of rotatable bonds is 38. The van der Waals surface area contributed by atoms with Crippen LogP contribution in [0.4, 0.5) is 0 Å². The molecule has 0 amide bonds. The molecular formula is C46H74NO11P. The van der Waals surface area contributed by atoms with Crippen molar-refractivity contribution in [1.82, 2.24) is 0 Å². The van der Waals surface area contributed by atoms with Gasteiger partial charge in [0.2, 0.25) is 0 Å². The van der Waals surface area contributed by atoms with Crippen LogP contribution in [0.15, 0.2) is 97.2 Å². The first-order valence-corrected chi connectivity index (χ1v) is 22.8. The zero-order valence-corrected chi connectivity index (χ0v) is 36.6. The molecule has 0 saturated carbocycles. The maximum absolute atomic E-state index is 12.6. The number of unbranched alkanes of at least 4 members (excludes halogenated alkanes) is 5. The largest absolute Gasteiger partial charge is 0.480 e. The molecule has 0 rings (SSSR count). The summed E-state index contributed by atoms with van der Waals surface area (Å²) < 4.78 is 32.6. The number of phosphoric ester groups is 1. The molecule has 0 heterocycles. The van der Waals surface area contributed by atoms with Crippen LogP contribution in [0.2, 0.25) is 0 Å². The Morgan fingerprint density at radius 2 is 1.05 bits per heavy atom. The second kappa shape index (κ2) is 39.8. The van der Waals surface area contributed by atoms with Gasteiger partial charge in [-0.05, 0) is 96.3 Å². The smallest absolute Gasteiger partial charge is 0.472 e. The van der Waals surface area contributed by atoms with Crippen LogP contribution in [0, 0.1) is 0 Å². The van der Waals surface area contributed by atoms with Gasteiger partial charge in [-0.2, -0.15) is 0 Å². The molecule has 0 spiro atoms. The Kier molecular flexibility index (Phi) is 37.3. The zero-order valence-electron chi connectivity index (χ0n) is 35.7. The number of nitrogens with two attached hydrogens (primary N) is 1. The van der Waals surface area contributed by atoms with E-state index in [-0.39, 0.29) is 18.9 Å². The van der Waals surface area contributed by atoms with Gasteiger partial charge in [-0.25, -0.2) is 4.57 Å². The van der Waals surface area contributed by atoms with Gasteiger partial charge in [0.25, 0.3) is 0 Å². The van der Waals surface area contributed by atoms with Gasteiger partial charge in [0.1, 0.15) is 12.6 Å². The van der Waals surface area contributed by atoms with Gasteiger partial charge >= 0.3 is 25.7 Å². The van der Waals surface area contributed by atoms with Crippen molar-refractivity contribution in [3.8, 4) is 0 Å². The fourth-order valence-electron chi connectivity index (χ4n) is 4.97. The van der Waals surface area contributed by atoms with Crippen LogP contribution in [0.5, 0.6) is 0 Å².